The monoisotopic (exact) mass is 270 g/mol. The molecule has 0 unspecified atom stereocenters. The van der Waals surface area contributed by atoms with Crippen molar-refractivity contribution in [2.75, 3.05) is 30.5 Å². The van der Waals surface area contributed by atoms with Gasteiger partial charge in [-0.15, -0.1) is 0 Å². The van der Waals surface area contributed by atoms with Crippen molar-refractivity contribution >= 4 is 21.2 Å². The molecule has 0 saturated heterocycles. The van der Waals surface area contributed by atoms with Gasteiger partial charge in [-0.2, -0.15) is 0 Å². The van der Waals surface area contributed by atoms with Gasteiger partial charge >= 0.3 is 0 Å². The van der Waals surface area contributed by atoms with Crippen molar-refractivity contribution in [1.29, 1.82) is 0 Å². The molecule has 4 nitrogen and oxygen atoms in total. The molecule has 102 valence electrons. The van der Waals surface area contributed by atoms with Gasteiger partial charge < -0.3 is 10.6 Å². The van der Waals surface area contributed by atoms with Gasteiger partial charge in [0, 0.05) is 19.8 Å². The molecule has 0 heterocycles. The number of hydrogen-bond donors (Lipinski definition) is 1. The predicted molar refractivity (Wildman–Crippen MR) is 76.7 cm³/mol. The molecule has 0 aliphatic heterocycles. The second kappa shape index (κ2) is 4.80. The van der Waals surface area contributed by atoms with Gasteiger partial charge in [-0.1, -0.05) is 26.8 Å². The molecule has 0 radical (unpaired) electrons. The van der Waals surface area contributed by atoms with Crippen LogP contribution in [0.4, 0.5) is 11.4 Å². The van der Waals surface area contributed by atoms with Crippen LogP contribution in [-0.4, -0.2) is 28.3 Å². The molecule has 2 N–H and O–H groups in total. The number of sulfone groups is 1. The van der Waals surface area contributed by atoms with Gasteiger partial charge in [0.25, 0.3) is 0 Å². The molecule has 0 fully saturated rings. The van der Waals surface area contributed by atoms with E-state index in [0.717, 1.165) is 12.2 Å². The lowest BCUT2D eigenvalue weighted by Crippen LogP contribution is -2.29. The maximum Gasteiger partial charge on any atom is 0.177 e. The van der Waals surface area contributed by atoms with E-state index in [4.69, 9.17) is 5.73 Å². The fourth-order valence-electron chi connectivity index (χ4n) is 1.99. The Balaban J connectivity index is 3.20. The average molecular weight is 270 g/mol. The fraction of sp³-hybridized carbons (Fsp3) is 0.538. The Hall–Kier alpha value is -1.23. The minimum atomic E-state index is -3.28. The number of anilines is 2. The summed E-state index contributed by atoms with van der Waals surface area (Å²) in [7, 11) is -1.37. The molecule has 1 aromatic carbocycles. The SMILES string of the molecule is CN(CC(C)(C)C)c1cccc(S(C)(=O)=O)c1N. The van der Waals surface area contributed by atoms with Crippen LogP contribution in [0.15, 0.2) is 23.1 Å². The second-order valence-corrected chi connectivity index (χ2v) is 7.86. The molecular formula is C13H22N2O2S. The molecule has 1 rings (SSSR count). The summed E-state index contributed by atoms with van der Waals surface area (Å²) in [6, 6.07) is 5.11. The first kappa shape index (κ1) is 14.8. The minimum Gasteiger partial charge on any atom is -0.396 e. The smallest absolute Gasteiger partial charge is 0.177 e. The van der Waals surface area contributed by atoms with Gasteiger partial charge in [-0.05, 0) is 17.5 Å². The zero-order valence-electron chi connectivity index (χ0n) is 11.7. The number of rotatable bonds is 3. The third-order valence-electron chi connectivity index (χ3n) is 2.57. The zero-order chi connectivity index (χ0) is 14.1. The van der Waals surface area contributed by atoms with E-state index in [9.17, 15) is 8.42 Å². The first-order valence-corrected chi connectivity index (χ1v) is 7.71. The van der Waals surface area contributed by atoms with E-state index in [-0.39, 0.29) is 10.3 Å². The summed E-state index contributed by atoms with van der Waals surface area (Å²) >= 11 is 0. The standard InChI is InChI=1S/C13H22N2O2S/c1-13(2,3)9-15(4)10-7-6-8-11(12(10)14)18(5,16)17/h6-8H,9,14H2,1-5H3. The van der Waals surface area contributed by atoms with Gasteiger partial charge in [-0.25, -0.2) is 8.42 Å². The summed E-state index contributed by atoms with van der Waals surface area (Å²) in [5, 5.41) is 0. The van der Waals surface area contributed by atoms with Crippen LogP contribution in [0.1, 0.15) is 20.8 Å². The Bertz CT molecular complexity index is 530. The van der Waals surface area contributed by atoms with Crippen LogP contribution >= 0.6 is 0 Å². The molecule has 0 aliphatic carbocycles. The maximum absolute atomic E-state index is 11.6. The van der Waals surface area contributed by atoms with Crippen LogP contribution in [0, 0.1) is 5.41 Å². The topological polar surface area (TPSA) is 63.4 Å². The van der Waals surface area contributed by atoms with Crippen LogP contribution in [0.25, 0.3) is 0 Å². The Labute approximate surface area is 110 Å². The molecule has 1 aromatic rings. The van der Waals surface area contributed by atoms with E-state index < -0.39 is 9.84 Å². The van der Waals surface area contributed by atoms with E-state index in [1.54, 1.807) is 12.1 Å². The van der Waals surface area contributed by atoms with E-state index >= 15 is 0 Å². The predicted octanol–water partition coefficient (Wildman–Crippen LogP) is 2.15. The Kier molecular flexibility index (Phi) is 3.96. The number of nitrogens with two attached hydrogens (primary N) is 1. The average Bonchev–Trinajstić information content (AvgIpc) is 2.12. The summed E-state index contributed by atoms with van der Waals surface area (Å²) in [5.74, 6) is 0. The minimum absolute atomic E-state index is 0.113. The van der Waals surface area contributed by atoms with Crippen molar-refractivity contribution < 1.29 is 8.42 Å². The molecule has 0 spiro atoms. The van der Waals surface area contributed by atoms with E-state index in [1.807, 2.05) is 18.0 Å². The highest BCUT2D eigenvalue weighted by atomic mass is 32.2. The second-order valence-electron chi connectivity index (χ2n) is 5.88. The lowest BCUT2D eigenvalue weighted by Gasteiger charge is -2.29. The molecule has 0 amide bonds. The van der Waals surface area contributed by atoms with Gasteiger partial charge in [0.1, 0.15) is 0 Å². The van der Waals surface area contributed by atoms with Crippen LogP contribution in [-0.2, 0) is 9.84 Å². The highest BCUT2D eigenvalue weighted by Crippen LogP contribution is 2.30. The summed E-state index contributed by atoms with van der Waals surface area (Å²) in [6.07, 6.45) is 1.17. The van der Waals surface area contributed by atoms with E-state index in [2.05, 4.69) is 20.8 Å². The van der Waals surface area contributed by atoms with Crippen LogP contribution in [0.3, 0.4) is 0 Å². The Morgan fingerprint density at radius 2 is 1.83 bits per heavy atom. The van der Waals surface area contributed by atoms with Crippen LogP contribution in [0.5, 0.6) is 0 Å². The summed E-state index contributed by atoms with van der Waals surface area (Å²) < 4.78 is 23.2. The van der Waals surface area contributed by atoms with Gasteiger partial charge in [-0.3, -0.25) is 0 Å². The third kappa shape index (κ3) is 3.63. The highest BCUT2D eigenvalue weighted by Gasteiger charge is 2.19. The quantitative estimate of drug-likeness (QED) is 0.855. The van der Waals surface area contributed by atoms with Gasteiger partial charge in [0.2, 0.25) is 0 Å². The van der Waals surface area contributed by atoms with Gasteiger partial charge in [0.15, 0.2) is 9.84 Å². The maximum atomic E-state index is 11.6. The lowest BCUT2D eigenvalue weighted by molar-refractivity contribution is 0.419. The fourth-order valence-corrected chi connectivity index (χ4v) is 2.82. The van der Waals surface area contributed by atoms with Gasteiger partial charge in [0.05, 0.1) is 16.3 Å². The van der Waals surface area contributed by atoms with Crippen molar-refractivity contribution in [2.24, 2.45) is 5.41 Å². The molecule has 0 saturated carbocycles. The lowest BCUT2D eigenvalue weighted by atomic mass is 9.96. The number of hydrogen-bond acceptors (Lipinski definition) is 4. The van der Waals surface area contributed by atoms with E-state index in [1.165, 1.54) is 6.26 Å². The number of benzene rings is 1. The Morgan fingerprint density at radius 1 is 1.28 bits per heavy atom. The van der Waals surface area contributed by atoms with E-state index in [0.29, 0.717) is 5.69 Å². The van der Waals surface area contributed by atoms with Crippen molar-refractivity contribution in [3.05, 3.63) is 18.2 Å². The van der Waals surface area contributed by atoms with Crippen molar-refractivity contribution in [1.82, 2.24) is 0 Å². The molecule has 0 aliphatic rings. The van der Waals surface area contributed by atoms with Crippen LogP contribution < -0.4 is 10.6 Å². The van der Waals surface area contributed by atoms with Crippen molar-refractivity contribution in [3.63, 3.8) is 0 Å². The molecular weight excluding hydrogens is 248 g/mol. The summed E-state index contributed by atoms with van der Waals surface area (Å²) in [5.41, 5.74) is 7.16. The van der Waals surface area contributed by atoms with Crippen molar-refractivity contribution in [3.8, 4) is 0 Å². The number of nitrogen functional groups attached to an aromatic ring is 1. The van der Waals surface area contributed by atoms with Crippen LogP contribution in [0.2, 0.25) is 0 Å². The normalized spacial score (nSPS) is 12.5. The molecule has 0 atom stereocenters. The van der Waals surface area contributed by atoms with Crippen molar-refractivity contribution in [2.45, 2.75) is 25.7 Å². The molecule has 5 heteroatoms. The zero-order valence-corrected chi connectivity index (χ0v) is 12.5. The highest BCUT2D eigenvalue weighted by molar-refractivity contribution is 7.90. The summed E-state index contributed by atoms with van der Waals surface area (Å²) in [6.45, 7) is 7.17. The Morgan fingerprint density at radius 3 is 2.28 bits per heavy atom. The largest absolute Gasteiger partial charge is 0.396 e. The number of para-hydroxylation sites is 1. The summed E-state index contributed by atoms with van der Waals surface area (Å²) in [4.78, 5) is 2.19. The first-order chi connectivity index (χ1) is 8.02. The third-order valence-corrected chi connectivity index (χ3v) is 3.72. The first-order valence-electron chi connectivity index (χ1n) is 5.82. The molecule has 18 heavy (non-hydrogen) atoms. The molecule has 0 aromatic heterocycles. The number of nitrogens with zero attached hydrogens (tertiary/aromatic N) is 1. The molecule has 0 bridgehead atoms.